The minimum absolute atomic E-state index is 0.704. The molecule has 17 heavy (non-hydrogen) atoms. The third-order valence-corrected chi connectivity index (χ3v) is 3.99. The molecule has 2 aromatic heterocycles. The molecule has 3 heteroatoms. The summed E-state index contributed by atoms with van der Waals surface area (Å²) in [5.41, 5.74) is 11.0. The van der Waals surface area contributed by atoms with Crippen LogP contribution in [0.2, 0.25) is 0 Å². The highest BCUT2D eigenvalue weighted by molar-refractivity contribution is 5.81. The molecule has 0 radical (unpaired) electrons. The Bertz CT molecular complexity index is 538. The van der Waals surface area contributed by atoms with Gasteiger partial charge in [0.15, 0.2) is 0 Å². The van der Waals surface area contributed by atoms with Crippen LogP contribution in [0.3, 0.4) is 0 Å². The first-order valence-corrected chi connectivity index (χ1v) is 6.45. The maximum atomic E-state index is 5.75. The van der Waals surface area contributed by atoms with E-state index in [4.69, 9.17) is 5.73 Å². The van der Waals surface area contributed by atoms with Gasteiger partial charge in [-0.1, -0.05) is 6.42 Å². The summed E-state index contributed by atoms with van der Waals surface area (Å²) in [6.07, 6.45) is 6.83. The molecule has 0 bridgehead atoms. The van der Waals surface area contributed by atoms with E-state index in [-0.39, 0.29) is 0 Å². The molecule has 1 fully saturated rings. The topological polar surface area (TPSA) is 43.8 Å². The van der Waals surface area contributed by atoms with E-state index < -0.39 is 0 Å². The number of fused-ring (bicyclic) bond motifs is 1. The number of hydrogen-bond donors (Lipinski definition) is 1. The monoisotopic (exact) mass is 229 g/mol. The van der Waals surface area contributed by atoms with Crippen LogP contribution >= 0.6 is 0 Å². The zero-order valence-electron chi connectivity index (χ0n) is 10.3. The van der Waals surface area contributed by atoms with E-state index in [0.717, 1.165) is 17.9 Å². The number of aromatic nitrogens is 2. The number of aryl methyl sites for hydroxylation is 1. The fraction of sp³-hybridized carbons (Fsp3) is 0.500. The van der Waals surface area contributed by atoms with E-state index in [1.807, 2.05) is 12.3 Å². The Morgan fingerprint density at radius 2 is 2.29 bits per heavy atom. The molecule has 0 amide bonds. The lowest BCUT2D eigenvalue weighted by Crippen LogP contribution is -2.16. The van der Waals surface area contributed by atoms with Crippen LogP contribution in [0, 0.1) is 0 Å². The van der Waals surface area contributed by atoms with Gasteiger partial charge in [0, 0.05) is 24.5 Å². The molecule has 0 saturated heterocycles. The number of rotatable bonds is 3. The van der Waals surface area contributed by atoms with Gasteiger partial charge in [0.05, 0.1) is 11.0 Å². The standard InChI is InChI=1S/C14H19N3/c1-17-12-6-3-9-16-13(12)11(7-8-15)14(17)10-4-2-5-10/h3,6,9-10H,2,4-5,7-8,15H2,1H3. The first-order chi connectivity index (χ1) is 8.33. The van der Waals surface area contributed by atoms with E-state index in [9.17, 15) is 0 Å². The maximum absolute atomic E-state index is 5.75. The smallest absolute Gasteiger partial charge is 0.0916 e. The van der Waals surface area contributed by atoms with Crippen LogP contribution in [-0.2, 0) is 13.5 Å². The minimum Gasteiger partial charge on any atom is -0.346 e. The second-order valence-corrected chi connectivity index (χ2v) is 4.96. The van der Waals surface area contributed by atoms with Gasteiger partial charge in [0.25, 0.3) is 0 Å². The highest BCUT2D eigenvalue weighted by Gasteiger charge is 2.27. The number of nitrogens with zero attached hydrogens (tertiary/aromatic N) is 2. The zero-order valence-corrected chi connectivity index (χ0v) is 10.3. The van der Waals surface area contributed by atoms with Gasteiger partial charge in [-0.2, -0.15) is 0 Å². The Morgan fingerprint density at radius 1 is 1.47 bits per heavy atom. The zero-order chi connectivity index (χ0) is 11.8. The number of nitrogens with two attached hydrogens (primary N) is 1. The third kappa shape index (κ3) is 1.57. The Morgan fingerprint density at radius 3 is 2.94 bits per heavy atom. The molecule has 3 nitrogen and oxygen atoms in total. The van der Waals surface area contributed by atoms with E-state index in [0.29, 0.717) is 6.54 Å². The first-order valence-electron chi connectivity index (χ1n) is 6.45. The lowest BCUT2D eigenvalue weighted by Gasteiger charge is -2.27. The summed E-state index contributed by atoms with van der Waals surface area (Å²) in [5.74, 6) is 0.732. The largest absolute Gasteiger partial charge is 0.346 e. The SMILES string of the molecule is Cn1c(C2CCC2)c(CCN)c2ncccc21. The molecule has 0 unspecified atom stereocenters. The van der Waals surface area contributed by atoms with Gasteiger partial charge >= 0.3 is 0 Å². The molecule has 0 aromatic carbocycles. The molecule has 0 aliphatic heterocycles. The Labute approximate surface area is 102 Å². The first kappa shape index (κ1) is 10.8. The quantitative estimate of drug-likeness (QED) is 0.878. The summed E-state index contributed by atoms with van der Waals surface area (Å²) in [6, 6.07) is 4.17. The second kappa shape index (κ2) is 4.15. The van der Waals surface area contributed by atoms with Crippen molar-refractivity contribution in [2.24, 2.45) is 12.8 Å². The molecule has 1 aliphatic rings. The highest BCUT2D eigenvalue weighted by atomic mass is 15.0. The third-order valence-electron chi connectivity index (χ3n) is 3.99. The van der Waals surface area contributed by atoms with Gasteiger partial charge in [-0.15, -0.1) is 0 Å². The molecular weight excluding hydrogens is 210 g/mol. The predicted molar refractivity (Wildman–Crippen MR) is 70.1 cm³/mol. The Hall–Kier alpha value is -1.35. The van der Waals surface area contributed by atoms with Gasteiger partial charge in [-0.25, -0.2) is 0 Å². The molecule has 2 N–H and O–H groups in total. The minimum atomic E-state index is 0.704. The van der Waals surface area contributed by atoms with Crippen molar-refractivity contribution in [1.29, 1.82) is 0 Å². The summed E-state index contributed by atoms with van der Waals surface area (Å²) in [5, 5.41) is 0. The van der Waals surface area contributed by atoms with Gasteiger partial charge in [0.2, 0.25) is 0 Å². The number of pyridine rings is 1. The van der Waals surface area contributed by atoms with Gasteiger partial charge < -0.3 is 10.3 Å². The van der Waals surface area contributed by atoms with Crippen molar-refractivity contribution < 1.29 is 0 Å². The maximum Gasteiger partial charge on any atom is 0.0916 e. The fourth-order valence-corrected chi connectivity index (χ4v) is 2.95. The van der Waals surface area contributed by atoms with Crippen molar-refractivity contribution >= 4 is 11.0 Å². The van der Waals surface area contributed by atoms with Crippen LogP contribution in [-0.4, -0.2) is 16.1 Å². The van der Waals surface area contributed by atoms with Crippen molar-refractivity contribution in [3.63, 3.8) is 0 Å². The van der Waals surface area contributed by atoms with Crippen LogP contribution in [0.15, 0.2) is 18.3 Å². The van der Waals surface area contributed by atoms with E-state index in [1.165, 1.54) is 36.0 Å². The number of hydrogen-bond acceptors (Lipinski definition) is 2. The molecule has 90 valence electrons. The van der Waals surface area contributed by atoms with Crippen molar-refractivity contribution in [2.45, 2.75) is 31.6 Å². The van der Waals surface area contributed by atoms with Crippen LogP contribution in [0.5, 0.6) is 0 Å². The molecule has 2 aromatic rings. The highest BCUT2D eigenvalue weighted by Crippen LogP contribution is 2.40. The summed E-state index contributed by atoms with van der Waals surface area (Å²) >= 11 is 0. The molecule has 0 atom stereocenters. The average molecular weight is 229 g/mol. The fourth-order valence-electron chi connectivity index (χ4n) is 2.95. The summed E-state index contributed by atoms with van der Waals surface area (Å²) < 4.78 is 2.33. The average Bonchev–Trinajstić information content (AvgIpc) is 2.54. The summed E-state index contributed by atoms with van der Waals surface area (Å²) in [7, 11) is 2.16. The van der Waals surface area contributed by atoms with Crippen molar-refractivity contribution in [1.82, 2.24) is 9.55 Å². The lowest BCUT2D eigenvalue weighted by atomic mass is 9.81. The van der Waals surface area contributed by atoms with Gasteiger partial charge in [0.1, 0.15) is 0 Å². The summed E-state index contributed by atoms with van der Waals surface area (Å²) in [4.78, 5) is 4.55. The van der Waals surface area contributed by atoms with Crippen LogP contribution in [0.25, 0.3) is 11.0 Å². The van der Waals surface area contributed by atoms with E-state index in [2.05, 4.69) is 22.7 Å². The molecule has 1 aliphatic carbocycles. The van der Waals surface area contributed by atoms with Gasteiger partial charge in [-0.3, -0.25) is 4.98 Å². The predicted octanol–water partition coefficient (Wildman–Crippen LogP) is 2.34. The Kier molecular flexibility index (Phi) is 2.63. The van der Waals surface area contributed by atoms with Crippen LogP contribution < -0.4 is 5.73 Å². The molecule has 1 saturated carbocycles. The van der Waals surface area contributed by atoms with Crippen molar-refractivity contribution in [2.75, 3.05) is 6.54 Å². The molecule has 3 rings (SSSR count). The van der Waals surface area contributed by atoms with Crippen molar-refractivity contribution in [3.05, 3.63) is 29.6 Å². The molecule has 2 heterocycles. The molecular formula is C14H19N3. The van der Waals surface area contributed by atoms with E-state index >= 15 is 0 Å². The van der Waals surface area contributed by atoms with Crippen LogP contribution in [0.1, 0.15) is 36.4 Å². The second-order valence-electron chi connectivity index (χ2n) is 4.96. The summed E-state index contributed by atoms with van der Waals surface area (Å²) in [6.45, 7) is 0.704. The Balaban J connectivity index is 2.22. The van der Waals surface area contributed by atoms with Crippen LogP contribution in [0.4, 0.5) is 0 Å². The van der Waals surface area contributed by atoms with Gasteiger partial charge in [-0.05, 0) is 43.9 Å². The normalized spacial score (nSPS) is 16.4. The molecule has 0 spiro atoms. The lowest BCUT2D eigenvalue weighted by molar-refractivity contribution is 0.401. The van der Waals surface area contributed by atoms with E-state index in [1.54, 1.807) is 0 Å². The van der Waals surface area contributed by atoms with Crippen molar-refractivity contribution in [3.8, 4) is 0 Å².